The van der Waals surface area contributed by atoms with E-state index in [0.717, 1.165) is 50.5 Å². The Morgan fingerprint density at radius 2 is 2.04 bits per heavy atom. The largest absolute Gasteiger partial charge is 0.465 e. The summed E-state index contributed by atoms with van der Waals surface area (Å²) in [5, 5.41) is 9.06. The van der Waals surface area contributed by atoms with Gasteiger partial charge in [-0.2, -0.15) is 5.26 Å². The Labute approximate surface area is 147 Å². The molecule has 4 fully saturated rings. The Hall–Kier alpha value is -1.64. The highest BCUT2D eigenvalue weighted by molar-refractivity contribution is 5.35. The molecule has 3 aliphatic heterocycles. The zero-order valence-electron chi connectivity index (χ0n) is 14.4. The molecule has 0 N–H and O–H groups in total. The second kappa shape index (κ2) is 6.59. The lowest BCUT2D eigenvalue weighted by atomic mass is 9.63. The molecule has 4 nitrogen and oxygen atoms in total. The highest BCUT2D eigenvalue weighted by atomic mass is 19.1. The molecule has 3 heterocycles. The molecule has 1 atom stereocenters. The second-order valence-electron chi connectivity index (χ2n) is 7.71. The third-order valence-electron chi connectivity index (χ3n) is 6.03. The van der Waals surface area contributed by atoms with Crippen molar-refractivity contribution in [2.45, 2.75) is 63.3 Å². The lowest BCUT2D eigenvalue weighted by molar-refractivity contribution is -0.188. The smallest absolute Gasteiger partial charge is 0.199 e. The molecule has 1 aromatic carbocycles. The minimum absolute atomic E-state index is 0.000900. The third-order valence-corrected chi connectivity index (χ3v) is 6.03. The van der Waals surface area contributed by atoms with Crippen LogP contribution in [0.2, 0.25) is 0 Å². The normalized spacial score (nSPS) is 34.5. The number of hydrogen-bond donors (Lipinski definition) is 0. The van der Waals surface area contributed by atoms with Gasteiger partial charge < -0.3 is 14.2 Å². The van der Waals surface area contributed by atoms with E-state index in [9.17, 15) is 4.39 Å². The van der Waals surface area contributed by atoms with Crippen molar-refractivity contribution in [1.29, 1.82) is 5.26 Å². The lowest BCUT2D eigenvalue weighted by Crippen LogP contribution is -2.49. The molecule has 1 aliphatic carbocycles. The maximum Gasteiger partial charge on any atom is 0.199 e. The molecule has 3 saturated heterocycles. The van der Waals surface area contributed by atoms with Crippen molar-refractivity contribution in [3.63, 3.8) is 0 Å². The van der Waals surface area contributed by atoms with Gasteiger partial charge in [0.1, 0.15) is 11.6 Å². The zero-order chi connectivity index (χ0) is 17.3. The fourth-order valence-corrected chi connectivity index (χ4v) is 4.38. The molecule has 0 aromatic heterocycles. The van der Waals surface area contributed by atoms with Gasteiger partial charge in [0.15, 0.2) is 6.29 Å². The van der Waals surface area contributed by atoms with Crippen LogP contribution in [0.25, 0.3) is 0 Å². The van der Waals surface area contributed by atoms with E-state index < -0.39 is 5.60 Å². The molecule has 5 rings (SSSR count). The van der Waals surface area contributed by atoms with Crippen LogP contribution in [0, 0.1) is 22.6 Å². The van der Waals surface area contributed by atoms with Gasteiger partial charge >= 0.3 is 0 Å². The summed E-state index contributed by atoms with van der Waals surface area (Å²) in [5.41, 5.74) is 0.410. The minimum Gasteiger partial charge on any atom is -0.465 e. The van der Waals surface area contributed by atoms with Crippen LogP contribution in [0.3, 0.4) is 0 Å². The summed E-state index contributed by atoms with van der Waals surface area (Å²) in [7, 11) is 0. The average Bonchev–Trinajstić information content (AvgIpc) is 2.64. The first-order valence-corrected chi connectivity index (χ1v) is 9.23. The van der Waals surface area contributed by atoms with E-state index in [1.165, 1.54) is 6.07 Å². The number of nitrogens with zero attached hydrogens (tertiary/aromatic N) is 1. The number of rotatable bonds is 4. The van der Waals surface area contributed by atoms with Crippen LogP contribution < -0.4 is 4.74 Å². The molecule has 1 saturated carbocycles. The van der Waals surface area contributed by atoms with E-state index in [2.05, 4.69) is 6.07 Å². The van der Waals surface area contributed by atoms with Crippen LogP contribution in [0.1, 0.15) is 56.9 Å². The topological polar surface area (TPSA) is 51.5 Å². The number of benzene rings is 1. The first kappa shape index (κ1) is 16.8. The first-order chi connectivity index (χ1) is 12.1. The van der Waals surface area contributed by atoms with Crippen LogP contribution in [0.15, 0.2) is 18.2 Å². The molecule has 0 radical (unpaired) electrons. The van der Waals surface area contributed by atoms with Crippen LogP contribution in [-0.4, -0.2) is 19.5 Å². The van der Waals surface area contributed by atoms with Crippen LogP contribution >= 0.6 is 0 Å². The fraction of sp³-hybridized carbons (Fsp3) is 0.650. The maximum atomic E-state index is 14.2. The maximum absolute atomic E-state index is 14.2. The van der Waals surface area contributed by atoms with Gasteiger partial charge in [0.05, 0.1) is 24.9 Å². The molecule has 134 valence electrons. The van der Waals surface area contributed by atoms with Crippen molar-refractivity contribution in [1.82, 2.24) is 0 Å². The van der Waals surface area contributed by atoms with Gasteiger partial charge in [0.25, 0.3) is 0 Å². The Balaban J connectivity index is 1.54. The van der Waals surface area contributed by atoms with Crippen LogP contribution in [0.5, 0.6) is 5.75 Å². The second-order valence-corrected chi connectivity index (χ2v) is 7.71. The number of nitriles is 1. The van der Waals surface area contributed by atoms with E-state index in [1.807, 2.05) is 6.07 Å². The summed E-state index contributed by atoms with van der Waals surface area (Å²) in [6.45, 7) is 1.28. The highest BCUT2D eigenvalue weighted by Crippen LogP contribution is 2.55. The minimum atomic E-state index is -0.440. The van der Waals surface area contributed by atoms with Crippen molar-refractivity contribution in [3.8, 4) is 11.8 Å². The van der Waals surface area contributed by atoms with Gasteiger partial charge in [-0.25, -0.2) is 4.39 Å². The summed E-state index contributed by atoms with van der Waals surface area (Å²) >= 11 is 0. The fourth-order valence-electron chi connectivity index (χ4n) is 4.38. The van der Waals surface area contributed by atoms with Crippen molar-refractivity contribution >= 4 is 0 Å². The van der Waals surface area contributed by atoms with Gasteiger partial charge in [-0.3, -0.25) is 0 Å². The number of hydrogen-bond acceptors (Lipinski definition) is 4. The highest BCUT2D eigenvalue weighted by Gasteiger charge is 2.50. The van der Waals surface area contributed by atoms with Crippen molar-refractivity contribution in [2.75, 3.05) is 13.2 Å². The Bertz CT molecular complexity index is 653. The van der Waals surface area contributed by atoms with Gasteiger partial charge in [0.2, 0.25) is 0 Å². The van der Waals surface area contributed by atoms with Gasteiger partial charge in [-0.1, -0.05) is 0 Å². The van der Waals surface area contributed by atoms with Crippen LogP contribution in [-0.2, 0) is 15.1 Å². The summed E-state index contributed by atoms with van der Waals surface area (Å²) < 4.78 is 31.9. The summed E-state index contributed by atoms with van der Waals surface area (Å²) in [4.78, 5) is 0. The molecule has 2 bridgehead atoms. The van der Waals surface area contributed by atoms with E-state index in [1.54, 1.807) is 6.07 Å². The number of ether oxygens (including phenoxy) is 3. The molecular weight excluding hydrogens is 321 g/mol. The van der Waals surface area contributed by atoms with Gasteiger partial charge in [0, 0.05) is 24.3 Å². The molecule has 0 spiro atoms. The van der Waals surface area contributed by atoms with Gasteiger partial charge in [-0.05, 0) is 56.2 Å². The average molecular weight is 345 g/mol. The summed E-state index contributed by atoms with van der Waals surface area (Å²) in [6, 6.07) is 7.19. The SMILES string of the molecule is N#CCC12CCC(c3cc(F)cc(OC4CCCCO4)c3)(CC1)OC2. The molecule has 5 heteroatoms. The lowest BCUT2D eigenvalue weighted by Gasteiger charge is -2.52. The molecular formula is C20H24FNO3. The first-order valence-electron chi connectivity index (χ1n) is 9.23. The Kier molecular flexibility index (Phi) is 4.43. The molecule has 4 aliphatic rings. The molecule has 1 aromatic rings. The summed E-state index contributed by atoms with van der Waals surface area (Å²) in [5.74, 6) is 0.208. The van der Waals surface area contributed by atoms with E-state index in [0.29, 0.717) is 25.4 Å². The van der Waals surface area contributed by atoms with Crippen molar-refractivity contribution in [2.24, 2.45) is 5.41 Å². The number of halogens is 1. The number of fused-ring (bicyclic) bond motifs is 3. The third kappa shape index (κ3) is 3.26. The van der Waals surface area contributed by atoms with E-state index in [-0.39, 0.29) is 17.5 Å². The van der Waals surface area contributed by atoms with Crippen LogP contribution in [0.4, 0.5) is 4.39 Å². The standard InChI is InChI=1S/C20H24FNO3/c21-16-11-15(12-17(13-16)25-18-3-1-2-10-23-18)20-6-4-19(5-7-20,8-9-22)14-24-20/h11-13,18H,1-8,10,14H2. The predicted octanol–water partition coefficient (Wildman–Crippen LogP) is 4.43. The Morgan fingerprint density at radius 1 is 1.20 bits per heavy atom. The Morgan fingerprint density at radius 3 is 2.68 bits per heavy atom. The monoisotopic (exact) mass is 345 g/mol. The van der Waals surface area contributed by atoms with E-state index in [4.69, 9.17) is 19.5 Å². The molecule has 25 heavy (non-hydrogen) atoms. The molecule has 0 amide bonds. The zero-order valence-corrected chi connectivity index (χ0v) is 14.4. The predicted molar refractivity (Wildman–Crippen MR) is 89.4 cm³/mol. The summed E-state index contributed by atoms with van der Waals surface area (Å²) in [6.07, 6.45) is 6.79. The van der Waals surface area contributed by atoms with Gasteiger partial charge in [-0.15, -0.1) is 0 Å². The molecule has 1 unspecified atom stereocenters. The van der Waals surface area contributed by atoms with Crippen molar-refractivity contribution in [3.05, 3.63) is 29.6 Å². The van der Waals surface area contributed by atoms with E-state index >= 15 is 0 Å². The quantitative estimate of drug-likeness (QED) is 0.810. The van der Waals surface area contributed by atoms with Crippen molar-refractivity contribution < 1.29 is 18.6 Å².